The predicted molar refractivity (Wildman–Crippen MR) is 80.5 cm³/mol. The van der Waals surface area contributed by atoms with Gasteiger partial charge < -0.3 is 10.1 Å². The lowest BCUT2D eigenvalue weighted by atomic mass is 10.1. The third-order valence-corrected chi connectivity index (χ3v) is 2.76. The molecular formula is C17H19F2NO. The van der Waals surface area contributed by atoms with Gasteiger partial charge in [-0.2, -0.15) is 0 Å². The van der Waals surface area contributed by atoms with Gasteiger partial charge in [0, 0.05) is 6.54 Å². The zero-order valence-corrected chi connectivity index (χ0v) is 12.4. The van der Waals surface area contributed by atoms with Gasteiger partial charge in [0.25, 0.3) is 0 Å². The lowest BCUT2D eigenvalue weighted by molar-refractivity contribution is 0.131. The molecule has 0 bridgehead atoms. The second-order valence-electron chi connectivity index (χ2n) is 5.84. The van der Waals surface area contributed by atoms with Crippen LogP contribution in [0.15, 0.2) is 42.5 Å². The number of ether oxygens (including phenoxy) is 1. The molecule has 0 unspecified atom stereocenters. The topological polar surface area (TPSA) is 21.3 Å². The molecule has 21 heavy (non-hydrogen) atoms. The van der Waals surface area contributed by atoms with E-state index in [4.69, 9.17) is 4.74 Å². The van der Waals surface area contributed by atoms with Crippen LogP contribution in [0, 0.1) is 11.6 Å². The summed E-state index contributed by atoms with van der Waals surface area (Å²) in [7, 11) is 0. The first-order valence-electron chi connectivity index (χ1n) is 6.80. The number of nitrogens with one attached hydrogen (secondary N) is 1. The molecule has 0 radical (unpaired) electrons. The Labute approximate surface area is 123 Å². The van der Waals surface area contributed by atoms with E-state index in [2.05, 4.69) is 5.32 Å². The minimum absolute atomic E-state index is 0.157. The molecule has 0 atom stereocenters. The van der Waals surface area contributed by atoms with Gasteiger partial charge in [0.2, 0.25) is 0 Å². The van der Waals surface area contributed by atoms with E-state index in [1.165, 1.54) is 0 Å². The molecule has 0 saturated heterocycles. The Hall–Kier alpha value is -2.10. The zero-order valence-electron chi connectivity index (χ0n) is 12.4. The lowest BCUT2D eigenvalue weighted by Gasteiger charge is -2.21. The summed E-state index contributed by atoms with van der Waals surface area (Å²) in [5.74, 6) is -0.153. The molecule has 0 aromatic heterocycles. The van der Waals surface area contributed by atoms with Crippen molar-refractivity contribution in [1.82, 2.24) is 0 Å². The van der Waals surface area contributed by atoms with E-state index in [9.17, 15) is 8.78 Å². The van der Waals surface area contributed by atoms with E-state index in [1.807, 2.05) is 45.0 Å². The molecule has 2 rings (SSSR count). The predicted octanol–water partition coefficient (Wildman–Crippen LogP) is 4.75. The van der Waals surface area contributed by atoms with Crippen LogP contribution in [0.4, 0.5) is 14.5 Å². The molecule has 0 aliphatic rings. The summed E-state index contributed by atoms with van der Waals surface area (Å²) in [6.07, 6.45) is 0. The van der Waals surface area contributed by atoms with Crippen LogP contribution >= 0.6 is 0 Å². The molecular weight excluding hydrogens is 272 g/mol. The Morgan fingerprint density at radius 1 is 1.00 bits per heavy atom. The highest BCUT2D eigenvalue weighted by atomic mass is 19.1. The summed E-state index contributed by atoms with van der Waals surface area (Å²) >= 11 is 0. The minimum atomic E-state index is -0.468. The first-order valence-corrected chi connectivity index (χ1v) is 6.80. The summed E-state index contributed by atoms with van der Waals surface area (Å²) < 4.78 is 32.3. The SMILES string of the molecule is CC(C)(C)Oc1ccc(CNc2cc(F)ccc2F)cc1. The van der Waals surface area contributed by atoms with Gasteiger partial charge in [-0.25, -0.2) is 8.78 Å². The summed E-state index contributed by atoms with van der Waals surface area (Å²) in [6.45, 7) is 6.36. The summed E-state index contributed by atoms with van der Waals surface area (Å²) in [5.41, 5.74) is 0.870. The van der Waals surface area contributed by atoms with E-state index in [1.54, 1.807) is 0 Å². The van der Waals surface area contributed by atoms with Crippen molar-refractivity contribution in [3.63, 3.8) is 0 Å². The highest BCUT2D eigenvalue weighted by molar-refractivity contribution is 5.45. The van der Waals surface area contributed by atoms with E-state index < -0.39 is 11.6 Å². The Bertz CT molecular complexity index is 603. The molecule has 112 valence electrons. The molecule has 2 aromatic carbocycles. The number of rotatable bonds is 4. The van der Waals surface area contributed by atoms with Gasteiger partial charge in [-0.1, -0.05) is 12.1 Å². The Morgan fingerprint density at radius 2 is 1.67 bits per heavy atom. The molecule has 0 amide bonds. The Morgan fingerprint density at radius 3 is 2.29 bits per heavy atom. The van der Waals surface area contributed by atoms with Crippen molar-refractivity contribution < 1.29 is 13.5 Å². The first kappa shape index (κ1) is 15.3. The number of halogens is 2. The third kappa shape index (κ3) is 4.74. The fourth-order valence-corrected chi connectivity index (χ4v) is 1.86. The summed E-state index contributed by atoms with van der Waals surface area (Å²) in [4.78, 5) is 0. The second-order valence-corrected chi connectivity index (χ2v) is 5.84. The van der Waals surface area contributed by atoms with Crippen molar-refractivity contribution >= 4 is 5.69 Å². The van der Waals surface area contributed by atoms with E-state index in [0.29, 0.717) is 6.54 Å². The molecule has 0 saturated carbocycles. The van der Waals surface area contributed by atoms with Crippen molar-refractivity contribution in [3.8, 4) is 5.75 Å². The van der Waals surface area contributed by atoms with Crippen LogP contribution in [0.25, 0.3) is 0 Å². The van der Waals surface area contributed by atoms with E-state index in [-0.39, 0.29) is 11.3 Å². The molecule has 2 nitrogen and oxygen atoms in total. The standard InChI is InChI=1S/C17H19F2NO/c1-17(2,3)21-14-7-4-12(5-8-14)11-20-16-10-13(18)6-9-15(16)19/h4-10,20H,11H2,1-3H3. The average Bonchev–Trinajstić information content (AvgIpc) is 2.40. The molecule has 4 heteroatoms. The van der Waals surface area contributed by atoms with Crippen LogP contribution in [0.5, 0.6) is 5.75 Å². The van der Waals surface area contributed by atoms with E-state index >= 15 is 0 Å². The fourth-order valence-electron chi connectivity index (χ4n) is 1.86. The molecule has 0 fully saturated rings. The second kappa shape index (κ2) is 6.12. The van der Waals surface area contributed by atoms with Gasteiger partial charge >= 0.3 is 0 Å². The number of anilines is 1. The van der Waals surface area contributed by atoms with Gasteiger partial charge in [0.1, 0.15) is 23.0 Å². The Balaban J connectivity index is 1.99. The maximum Gasteiger partial charge on any atom is 0.146 e. The fraction of sp³-hybridized carbons (Fsp3) is 0.294. The smallest absolute Gasteiger partial charge is 0.146 e. The average molecular weight is 291 g/mol. The molecule has 0 spiro atoms. The van der Waals surface area contributed by atoms with Crippen molar-refractivity contribution in [3.05, 3.63) is 59.7 Å². The number of hydrogen-bond acceptors (Lipinski definition) is 2. The summed E-state index contributed by atoms with van der Waals surface area (Å²) in [6, 6.07) is 10.9. The van der Waals surface area contributed by atoms with Gasteiger partial charge in [-0.3, -0.25) is 0 Å². The van der Waals surface area contributed by atoms with Gasteiger partial charge in [0.15, 0.2) is 0 Å². The molecule has 0 aliphatic carbocycles. The molecule has 0 heterocycles. The maximum absolute atomic E-state index is 13.5. The van der Waals surface area contributed by atoms with Crippen molar-refractivity contribution in [2.75, 3.05) is 5.32 Å². The van der Waals surface area contributed by atoms with Gasteiger partial charge in [-0.05, 0) is 56.7 Å². The monoisotopic (exact) mass is 291 g/mol. The third-order valence-electron chi connectivity index (χ3n) is 2.76. The normalized spacial score (nSPS) is 11.3. The largest absolute Gasteiger partial charge is 0.488 e. The number of benzene rings is 2. The van der Waals surface area contributed by atoms with Crippen LogP contribution in [0.3, 0.4) is 0 Å². The molecule has 0 aliphatic heterocycles. The molecule has 1 N–H and O–H groups in total. The number of hydrogen-bond donors (Lipinski definition) is 1. The maximum atomic E-state index is 13.5. The highest BCUT2D eigenvalue weighted by Gasteiger charge is 2.11. The van der Waals surface area contributed by atoms with Crippen molar-refractivity contribution in [1.29, 1.82) is 0 Å². The van der Waals surface area contributed by atoms with Crippen LogP contribution in [0.1, 0.15) is 26.3 Å². The van der Waals surface area contributed by atoms with Gasteiger partial charge in [-0.15, -0.1) is 0 Å². The van der Waals surface area contributed by atoms with Crippen LogP contribution in [-0.2, 0) is 6.54 Å². The molecule has 2 aromatic rings. The first-order chi connectivity index (χ1) is 9.83. The van der Waals surface area contributed by atoms with Crippen molar-refractivity contribution in [2.24, 2.45) is 0 Å². The van der Waals surface area contributed by atoms with Crippen LogP contribution < -0.4 is 10.1 Å². The lowest BCUT2D eigenvalue weighted by Crippen LogP contribution is -2.22. The Kier molecular flexibility index (Phi) is 4.46. The van der Waals surface area contributed by atoms with Crippen LogP contribution in [0.2, 0.25) is 0 Å². The van der Waals surface area contributed by atoms with Crippen molar-refractivity contribution in [2.45, 2.75) is 32.9 Å². The quantitative estimate of drug-likeness (QED) is 0.877. The minimum Gasteiger partial charge on any atom is -0.488 e. The van der Waals surface area contributed by atoms with Gasteiger partial charge in [0.05, 0.1) is 5.69 Å². The highest BCUT2D eigenvalue weighted by Crippen LogP contribution is 2.20. The zero-order chi connectivity index (χ0) is 15.5. The van der Waals surface area contributed by atoms with Crippen LogP contribution in [-0.4, -0.2) is 5.60 Å². The summed E-state index contributed by atoms with van der Waals surface area (Å²) in [5, 5.41) is 2.88. The van der Waals surface area contributed by atoms with E-state index in [0.717, 1.165) is 29.5 Å².